The minimum Gasteiger partial charge on any atom is -0.471 e. The number of para-hydroxylation sites is 1. The summed E-state index contributed by atoms with van der Waals surface area (Å²) >= 11 is 0. The molecule has 0 saturated heterocycles. The summed E-state index contributed by atoms with van der Waals surface area (Å²) in [5.41, 5.74) is -1.04. The van der Waals surface area contributed by atoms with Crippen molar-refractivity contribution in [3.8, 4) is 5.75 Å². The zero-order chi connectivity index (χ0) is 12.7. The van der Waals surface area contributed by atoms with Crippen LogP contribution in [-0.2, 0) is 9.53 Å². The number of hydrogen-bond donors (Lipinski definition) is 0. The number of ether oxygens (including phenoxy) is 2. The van der Waals surface area contributed by atoms with Crippen molar-refractivity contribution in [1.29, 1.82) is 0 Å². The highest BCUT2D eigenvalue weighted by Gasteiger charge is 2.37. The molecule has 1 atom stereocenters. The van der Waals surface area contributed by atoms with E-state index in [9.17, 15) is 4.79 Å². The van der Waals surface area contributed by atoms with E-state index in [2.05, 4.69) is 0 Å². The molecular formula is C14H18O3. The number of allylic oxidation sites excluding steroid dienone is 1. The molecule has 0 bridgehead atoms. The quantitative estimate of drug-likeness (QED) is 0.580. The molecule has 1 aromatic carbocycles. The predicted molar refractivity (Wildman–Crippen MR) is 66.9 cm³/mol. The number of carbonyl (C=O) groups excluding carboxylic acids is 1. The highest BCUT2D eigenvalue weighted by atomic mass is 16.6. The molecule has 0 aromatic heterocycles. The molecule has 0 radical (unpaired) electrons. The Labute approximate surface area is 102 Å². The summed E-state index contributed by atoms with van der Waals surface area (Å²) in [6.07, 6.45) is 4.04. The molecule has 0 aliphatic rings. The van der Waals surface area contributed by atoms with Crippen molar-refractivity contribution < 1.29 is 14.3 Å². The average Bonchev–Trinajstić information content (AvgIpc) is 2.38. The van der Waals surface area contributed by atoms with E-state index in [1.165, 1.54) is 7.11 Å². The smallest absolute Gasteiger partial charge is 0.354 e. The summed E-state index contributed by atoms with van der Waals surface area (Å²) in [5, 5.41) is 0. The zero-order valence-corrected chi connectivity index (χ0v) is 10.5. The maximum absolute atomic E-state index is 11.9. The lowest BCUT2D eigenvalue weighted by molar-refractivity contribution is -0.155. The SMILES string of the molecule is CC=CC(CC)(Oc1ccccc1)C(=O)OC. The van der Waals surface area contributed by atoms with Gasteiger partial charge in [0.15, 0.2) is 0 Å². The van der Waals surface area contributed by atoms with Crippen LogP contribution in [0.2, 0.25) is 0 Å². The van der Waals surface area contributed by atoms with Gasteiger partial charge >= 0.3 is 5.97 Å². The Morgan fingerprint density at radius 3 is 2.47 bits per heavy atom. The Kier molecular flexibility index (Phi) is 4.76. The lowest BCUT2D eigenvalue weighted by Crippen LogP contribution is -2.43. The van der Waals surface area contributed by atoms with Crippen molar-refractivity contribution in [2.75, 3.05) is 7.11 Å². The van der Waals surface area contributed by atoms with Gasteiger partial charge in [-0.3, -0.25) is 0 Å². The van der Waals surface area contributed by atoms with E-state index in [-0.39, 0.29) is 5.97 Å². The number of rotatable bonds is 5. The molecule has 0 aliphatic heterocycles. The summed E-state index contributed by atoms with van der Waals surface area (Å²) in [6, 6.07) is 9.26. The second-order valence-electron chi connectivity index (χ2n) is 3.65. The van der Waals surface area contributed by atoms with Gasteiger partial charge in [0.05, 0.1) is 7.11 Å². The van der Waals surface area contributed by atoms with Crippen molar-refractivity contribution in [2.45, 2.75) is 25.9 Å². The van der Waals surface area contributed by atoms with Gasteiger partial charge < -0.3 is 9.47 Å². The molecule has 3 heteroatoms. The van der Waals surface area contributed by atoms with Crippen molar-refractivity contribution in [3.05, 3.63) is 42.5 Å². The molecule has 0 aliphatic carbocycles. The lowest BCUT2D eigenvalue weighted by atomic mass is 10.00. The van der Waals surface area contributed by atoms with E-state index < -0.39 is 5.60 Å². The van der Waals surface area contributed by atoms with E-state index in [4.69, 9.17) is 9.47 Å². The first-order chi connectivity index (χ1) is 8.18. The van der Waals surface area contributed by atoms with Crippen LogP contribution in [0.25, 0.3) is 0 Å². The first-order valence-corrected chi connectivity index (χ1v) is 5.65. The van der Waals surface area contributed by atoms with Gasteiger partial charge in [0.1, 0.15) is 5.75 Å². The zero-order valence-electron chi connectivity index (χ0n) is 10.5. The van der Waals surface area contributed by atoms with Crippen LogP contribution in [0.5, 0.6) is 5.75 Å². The van der Waals surface area contributed by atoms with Crippen LogP contribution in [-0.4, -0.2) is 18.7 Å². The summed E-state index contributed by atoms with van der Waals surface area (Å²) in [4.78, 5) is 11.9. The third-order valence-corrected chi connectivity index (χ3v) is 2.54. The van der Waals surface area contributed by atoms with Crippen molar-refractivity contribution in [3.63, 3.8) is 0 Å². The van der Waals surface area contributed by atoms with Crippen LogP contribution >= 0.6 is 0 Å². The third kappa shape index (κ3) is 3.09. The van der Waals surface area contributed by atoms with Gasteiger partial charge in [0, 0.05) is 0 Å². The second-order valence-corrected chi connectivity index (χ2v) is 3.65. The third-order valence-electron chi connectivity index (χ3n) is 2.54. The van der Waals surface area contributed by atoms with Crippen LogP contribution in [0, 0.1) is 0 Å². The summed E-state index contributed by atoms with van der Waals surface area (Å²) in [6.45, 7) is 3.74. The molecule has 3 nitrogen and oxygen atoms in total. The minimum atomic E-state index is -1.04. The van der Waals surface area contributed by atoms with E-state index >= 15 is 0 Å². The Morgan fingerprint density at radius 1 is 1.35 bits per heavy atom. The van der Waals surface area contributed by atoms with Gasteiger partial charge in [0.2, 0.25) is 5.60 Å². The van der Waals surface area contributed by atoms with Crippen LogP contribution in [0.15, 0.2) is 42.5 Å². The molecule has 1 aromatic rings. The standard InChI is InChI=1S/C14H18O3/c1-4-11-14(5-2,13(15)16-3)17-12-9-7-6-8-10-12/h4,6-11H,5H2,1-3H3. The van der Waals surface area contributed by atoms with E-state index in [0.29, 0.717) is 12.2 Å². The molecule has 0 spiro atoms. The van der Waals surface area contributed by atoms with Crippen molar-refractivity contribution in [2.24, 2.45) is 0 Å². The topological polar surface area (TPSA) is 35.5 Å². The summed E-state index contributed by atoms with van der Waals surface area (Å²) in [7, 11) is 1.37. The Morgan fingerprint density at radius 2 is 2.00 bits per heavy atom. The maximum Gasteiger partial charge on any atom is 0.354 e. The van der Waals surface area contributed by atoms with Crippen LogP contribution in [0.3, 0.4) is 0 Å². The molecule has 1 rings (SSSR count). The van der Waals surface area contributed by atoms with Gasteiger partial charge in [-0.25, -0.2) is 4.79 Å². The highest BCUT2D eigenvalue weighted by molar-refractivity contribution is 5.82. The maximum atomic E-state index is 11.9. The normalized spacial score (nSPS) is 14.3. The van der Waals surface area contributed by atoms with Crippen molar-refractivity contribution >= 4 is 5.97 Å². The first-order valence-electron chi connectivity index (χ1n) is 5.65. The molecule has 0 amide bonds. The van der Waals surface area contributed by atoms with Gasteiger partial charge in [-0.05, 0) is 31.6 Å². The van der Waals surface area contributed by atoms with Crippen molar-refractivity contribution in [1.82, 2.24) is 0 Å². The molecule has 0 N–H and O–H groups in total. The van der Waals surface area contributed by atoms with Gasteiger partial charge in [0.25, 0.3) is 0 Å². The number of benzene rings is 1. The summed E-state index contributed by atoms with van der Waals surface area (Å²) in [5.74, 6) is 0.264. The molecule has 0 saturated carbocycles. The van der Waals surface area contributed by atoms with E-state index in [1.54, 1.807) is 12.2 Å². The molecule has 0 heterocycles. The summed E-state index contributed by atoms with van der Waals surface area (Å²) < 4.78 is 10.6. The average molecular weight is 234 g/mol. The minimum absolute atomic E-state index is 0.387. The molecular weight excluding hydrogens is 216 g/mol. The second kappa shape index (κ2) is 6.09. The highest BCUT2D eigenvalue weighted by Crippen LogP contribution is 2.24. The predicted octanol–water partition coefficient (Wildman–Crippen LogP) is 2.96. The fourth-order valence-corrected chi connectivity index (χ4v) is 1.62. The van der Waals surface area contributed by atoms with E-state index in [1.807, 2.05) is 44.2 Å². The number of esters is 1. The monoisotopic (exact) mass is 234 g/mol. The fourth-order valence-electron chi connectivity index (χ4n) is 1.62. The number of carbonyl (C=O) groups is 1. The van der Waals surface area contributed by atoms with Gasteiger partial charge in [-0.2, -0.15) is 0 Å². The Hall–Kier alpha value is -1.77. The van der Waals surface area contributed by atoms with E-state index in [0.717, 1.165) is 0 Å². The first kappa shape index (κ1) is 13.3. The van der Waals surface area contributed by atoms with Gasteiger partial charge in [-0.1, -0.05) is 31.2 Å². The fraction of sp³-hybridized carbons (Fsp3) is 0.357. The lowest BCUT2D eigenvalue weighted by Gasteiger charge is -2.27. The molecule has 17 heavy (non-hydrogen) atoms. The Balaban J connectivity index is 3.02. The Bertz CT molecular complexity index is 384. The van der Waals surface area contributed by atoms with Crippen LogP contribution in [0.1, 0.15) is 20.3 Å². The molecule has 92 valence electrons. The number of methoxy groups -OCH3 is 1. The van der Waals surface area contributed by atoms with Crippen LogP contribution in [0.4, 0.5) is 0 Å². The molecule has 0 fully saturated rings. The van der Waals surface area contributed by atoms with Crippen LogP contribution < -0.4 is 4.74 Å². The number of hydrogen-bond acceptors (Lipinski definition) is 3. The van der Waals surface area contributed by atoms with Gasteiger partial charge in [-0.15, -0.1) is 0 Å². The molecule has 1 unspecified atom stereocenters. The largest absolute Gasteiger partial charge is 0.471 e.